The van der Waals surface area contributed by atoms with Gasteiger partial charge in [0.2, 0.25) is 0 Å². The molecule has 142 valence electrons. The van der Waals surface area contributed by atoms with Gasteiger partial charge in [-0.2, -0.15) is 0 Å². The molecule has 3 aromatic rings. The molecule has 7 heteroatoms. The maximum atomic E-state index is 6.08. The van der Waals surface area contributed by atoms with Gasteiger partial charge in [0.25, 0.3) is 0 Å². The Labute approximate surface area is 173 Å². The highest BCUT2D eigenvalue weighted by atomic mass is 35.5. The second-order valence-electron chi connectivity index (χ2n) is 6.13. The van der Waals surface area contributed by atoms with E-state index in [0.29, 0.717) is 10.0 Å². The molecule has 0 fully saturated rings. The lowest BCUT2D eigenvalue weighted by molar-refractivity contribution is 0.309. The summed E-state index contributed by atoms with van der Waals surface area (Å²) < 4.78 is 7.71. The summed E-state index contributed by atoms with van der Waals surface area (Å²) >= 11 is 13.7. The zero-order valence-electron chi connectivity index (χ0n) is 15.3. The Morgan fingerprint density at radius 2 is 1.81 bits per heavy atom. The first-order valence-corrected chi connectivity index (χ1v) is 10.5. The second-order valence-corrected chi connectivity index (χ2v) is 7.89. The third-order valence-corrected chi connectivity index (χ3v) is 5.90. The monoisotopic (exact) mass is 421 g/mol. The van der Waals surface area contributed by atoms with E-state index in [-0.39, 0.29) is 0 Å². The van der Waals surface area contributed by atoms with E-state index < -0.39 is 0 Å². The number of hydrogen-bond donors (Lipinski definition) is 0. The summed E-state index contributed by atoms with van der Waals surface area (Å²) in [5, 5.41) is 10.6. The Morgan fingerprint density at radius 3 is 2.52 bits per heavy atom. The van der Waals surface area contributed by atoms with Crippen molar-refractivity contribution in [1.82, 2.24) is 14.8 Å². The van der Waals surface area contributed by atoms with Gasteiger partial charge in [0.15, 0.2) is 11.0 Å². The van der Waals surface area contributed by atoms with Crippen molar-refractivity contribution >= 4 is 35.0 Å². The van der Waals surface area contributed by atoms with Crippen molar-refractivity contribution in [3.05, 3.63) is 58.1 Å². The summed E-state index contributed by atoms with van der Waals surface area (Å²) in [4.78, 5) is 0. The summed E-state index contributed by atoms with van der Waals surface area (Å²) in [6.45, 7) is 2.90. The number of thioether (sulfide) groups is 1. The van der Waals surface area contributed by atoms with E-state index in [2.05, 4.69) is 17.1 Å². The Bertz CT molecular complexity index is 897. The van der Waals surface area contributed by atoms with E-state index in [1.165, 1.54) is 0 Å². The van der Waals surface area contributed by atoms with Crippen LogP contribution in [0.15, 0.2) is 47.6 Å². The molecule has 0 atom stereocenters. The van der Waals surface area contributed by atoms with Crippen molar-refractivity contribution in [2.24, 2.45) is 7.05 Å². The zero-order valence-corrected chi connectivity index (χ0v) is 17.6. The van der Waals surface area contributed by atoms with Crippen LogP contribution in [0, 0.1) is 0 Å². The van der Waals surface area contributed by atoms with Crippen molar-refractivity contribution in [2.45, 2.75) is 30.7 Å². The highest BCUT2D eigenvalue weighted by Gasteiger charge is 2.12. The summed E-state index contributed by atoms with van der Waals surface area (Å²) in [7, 11) is 1.97. The molecule has 4 nitrogen and oxygen atoms in total. The number of aromatic nitrogens is 3. The van der Waals surface area contributed by atoms with Gasteiger partial charge in [-0.1, -0.05) is 54.4 Å². The molecule has 0 aliphatic rings. The van der Waals surface area contributed by atoms with Gasteiger partial charge in [0.05, 0.1) is 16.7 Å². The Hall–Kier alpha value is -1.69. The van der Waals surface area contributed by atoms with Gasteiger partial charge in [0.1, 0.15) is 5.75 Å². The largest absolute Gasteiger partial charge is 0.494 e. The molecule has 0 radical (unpaired) electrons. The lowest BCUT2D eigenvalue weighted by atomic mass is 10.2. The van der Waals surface area contributed by atoms with E-state index in [1.54, 1.807) is 11.8 Å². The first-order valence-electron chi connectivity index (χ1n) is 8.78. The third kappa shape index (κ3) is 5.18. The molecule has 27 heavy (non-hydrogen) atoms. The van der Waals surface area contributed by atoms with Crippen LogP contribution in [-0.4, -0.2) is 21.4 Å². The van der Waals surface area contributed by atoms with Gasteiger partial charge >= 0.3 is 0 Å². The predicted octanol–water partition coefficient (Wildman–Crippen LogP) is 6.26. The van der Waals surface area contributed by atoms with Gasteiger partial charge in [-0.25, -0.2) is 0 Å². The third-order valence-electron chi connectivity index (χ3n) is 4.07. The minimum atomic E-state index is 0.563. The fourth-order valence-electron chi connectivity index (χ4n) is 2.50. The maximum Gasteiger partial charge on any atom is 0.191 e. The lowest BCUT2D eigenvalue weighted by Crippen LogP contribution is -1.97. The number of halogens is 2. The SMILES string of the molecule is CCCCOc1ccc(-c2nnc(SCc3ccc(Cl)c(Cl)c3)n2C)cc1. The number of hydrogen-bond acceptors (Lipinski definition) is 4. The zero-order chi connectivity index (χ0) is 19.2. The van der Waals surface area contributed by atoms with Gasteiger partial charge in [0, 0.05) is 18.4 Å². The quantitative estimate of drug-likeness (QED) is 0.317. The smallest absolute Gasteiger partial charge is 0.191 e. The molecule has 0 saturated heterocycles. The summed E-state index contributed by atoms with van der Waals surface area (Å²) in [5.41, 5.74) is 2.10. The van der Waals surface area contributed by atoms with Crippen molar-refractivity contribution in [2.75, 3.05) is 6.61 Å². The molecule has 0 saturated carbocycles. The molecule has 0 aliphatic heterocycles. The fourth-order valence-corrected chi connectivity index (χ4v) is 3.68. The molecule has 1 heterocycles. The first-order chi connectivity index (χ1) is 13.1. The summed E-state index contributed by atoms with van der Waals surface area (Å²) in [6.07, 6.45) is 2.18. The van der Waals surface area contributed by atoms with E-state index in [0.717, 1.165) is 53.1 Å². The van der Waals surface area contributed by atoms with Crippen molar-refractivity contribution in [3.63, 3.8) is 0 Å². The van der Waals surface area contributed by atoms with Gasteiger partial charge in [-0.15, -0.1) is 10.2 Å². The highest BCUT2D eigenvalue weighted by molar-refractivity contribution is 7.98. The Balaban J connectivity index is 1.66. The number of nitrogens with zero attached hydrogens (tertiary/aromatic N) is 3. The van der Waals surface area contributed by atoms with Crippen LogP contribution in [0.1, 0.15) is 25.3 Å². The topological polar surface area (TPSA) is 39.9 Å². The molecule has 3 rings (SSSR count). The first kappa shape index (κ1) is 20.1. The minimum absolute atomic E-state index is 0.563. The lowest BCUT2D eigenvalue weighted by Gasteiger charge is -2.07. The second kappa shape index (κ2) is 9.49. The molecule has 0 bridgehead atoms. The average Bonchev–Trinajstić information content (AvgIpc) is 3.04. The molecule has 0 spiro atoms. The van der Waals surface area contributed by atoms with Gasteiger partial charge < -0.3 is 9.30 Å². The number of rotatable bonds is 8. The minimum Gasteiger partial charge on any atom is -0.494 e. The van der Waals surface area contributed by atoms with Crippen LogP contribution >= 0.6 is 35.0 Å². The number of unbranched alkanes of at least 4 members (excludes halogenated alkanes) is 1. The molecular formula is C20H21Cl2N3OS. The normalized spacial score (nSPS) is 11.0. The van der Waals surface area contributed by atoms with Crippen LogP contribution in [0.2, 0.25) is 10.0 Å². The molecule has 2 aromatic carbocycles. The van der Waals surface area contributed by atoms with E-state index in [1.807, 2.05) is 54.1 Å². The number of ether oxygens (including phenoxy) is 1. The maximum absolute atomic E-state index is 6.08. The van der Waals surface area contributed by atoms with Crippen LogP contribution in [0.3, 0.4) is 0 Å². The van der Waals surface area contributed by atoms with Crippen molar-refractivity contribution < 1.29 is 4.74 Å². The summed E-state index contributed by atoms with van der Waals surface area (Å²) in [6, 6.07) is 13.6. The van der Waals surface area contributed by atoms with Crippen LogP contribution in [-0.2, 0) is 12.8 Å². The molecular weight excluding hydrogens is 401 g/mol. The standard InChI is InChI=1S/C20H21Cl2N3OS/c1-3-4-11-26-16-8-6-15(7-9-16)19-23-24-20(25(19)2)27-13-14-5-10-17(21)18(22)12-14/h5-10,12H,3-4,11,13H2,1-2H3. The molecule has 0 amide bonds. The molecule has 1 aromatic heterocycles. The van der Waals surface area contributed by atoms with Crippen LogP contribution in [0.4, 0.5) is 0 Å². The summed E-state index contributed by atoms with van der Waals surface area (Å²) in [5.74, 6) is 2.45. The van der Waals surface area contributed by atoms with Crippen LogP contribution in [0.25, 0.3) is 11.4 Å². The van der Waals surface area contributed by atoms with Crippen molar-refractivity contribution in [3.8, 4) is 17.1 Å². The predicted molar refractivity (Wildman–Crippen MR) is 113 cm³/mol. The molecule has 0 aliphatic carbocycles. The van der Waals surface area contributed by atoms with E-state index >= 15 is 0 Å². The van der Waals surface area contributed by atoms with Crippen LogP contribution < -0.4 is 4.74 Å². The molecule has 0 unspecified atom stereocenters. The Morgan fingerprint density at radius 1 is 1.04 bits per heavy atom. The van der Waals surface area contributed by atoms with Gasteiger partial charge in [-0.3, -0.25) is 0 Å². The highest BCUT2D eigenvalue weighted by Crippen LogP contribution is 2.29. The Kier molecular flexibility index (Phi) is 7.05. The van der Waals surface area contributed by atoms with Crippen molar-refractivity contribution in [1.29, 1.82) is 0 Å². The van der Waals surface area contributed by atoms with E-state index in [4.69, 9.17) is 27.9 Å². The number of benzene rings is 2. The average molecular weight is 422 g/mol. The van der Waals surface area contributed by atoms with Gasteiger partial charge in [-0.05, 0) is 48.4 Å². The van der Waals surface area contributed by atoms with E-state index in [9.17, 15) is 0 Å². The van der Waals surface area contributed by atoms with Crippen LogP contribution in [0.5, 0.6) is 5.75 Å². The fraction of sp³-hybridized carbons (Fsp3) is 0.300. The molecule has 0 N–H and O–H groups in total.